The van der Waals surface area contributed by atoms with Crippen molar-refractivity contribution < 1.29 is 0 Å². The summed E-state index contributed by atoms with van der Waals surface area (Å²) in [7, 11) is 0. The molecule has 0 aliphatic carbocycles. The van der Waals surface area contributed by atoms with Gasteiger partial charge in [0, 0.05) is 27.9 Å². The van der Waals surface area contributed by atoms with Crippen molar-refractivity contribution in [1.82, 2.24) is 4.98 Å². The summed E-state index contributed by atoms with van der Waals surface area (Å²) in [6.45, 7) is 0. The third-order valence-electron chi connectivity index (χ3n) is 3.00. The van der Waals surface area contributed by atoms with Gasteiger partial charge in [0.2, 0.25) is 0 Å². The molecule has 0 amide bonds. The van der Waals surface area contributed by atoms with Crippen LogP contribution in [0.1, 0.15) is 11.1 Å². The molecule has 0 unspecified atom stereocenters. The molecule has 3 nitrogen and oxygen atoms in total. The second kappa shape index (κ2) is 3.56. The number of pyridine rings is 1. The van der Waals surface area contributed by atoms with Gasteiger partial charge in [-0.05, 0) is 35.9 Å². The number of aromatic nitrogens is 1. The average Bonchev–Trinajstić information content (AvgIpc) is 2.31. The number of nitrogens with one attached hydrogen (secondary N) is 1. The Balaban J connectivity index is 2.43. The molecule has 82 valence electrons. The number of nitrogen functional groups attached to an aromatic ring is 1. The van der Waals surface area contributed by atoms with E-state index in [1.807, 2.05) is 30.0 Å². The highest BCUT2D eigenvalue weighted by molar-refractivity contribution is 7.98. The van der Waals surface area contributed by atoms with Crippen LogP contribution in [0.5, 0.6) is 0 Å². The molecule has 0 spiro atoms. The van der Waals surface area contributed by atoms with Crippen molar-refractivity contribution in [3.63, 3.8) is 0 Å². The molecule has 16 heavy (non-hydrogen) atoms. The maximum Gasteiger partial charge on any atom is 0.252 e. The van der Waals surface area contributed by atoms with Gasteiger partial charge in [-0.15, -0.1) is 0 Å². The number of hydrogen-bond donors (Lipinski definition) is 2. The molecule has 3 N–H and O–H groups in total. The van der Waals surface area contributed by atoms with Gasteiger partial charge in [-0.2, -0.15) is 11.8 Å². The van der Waals surface area contributed by atoms with Crippen LogP contribution in [0, 0.1) is 0 Å². The number of benzene rings is 1. The highest BCUT2D eigenvalue weighted by atomic mass is 32.2. The minimum absolute atomic E-state index is 0.0551. The summed E-state index contributed by atoms with van der Waals surface area (Å²) in [6.07, 6.45) is 0.962. The zero-order valence-corrected chi connectivity index (χ0v) is 9.56. The van der Waals surface area contributed by atoms with Gasteiger partial charge >= 0.3 is 0 Å². The maximum atomic E-state index is 11.9. The molecule has 0 atom stereocenters. The molecule has 0 saturated carbocycles. The van der Waals surface area contributed by atoms with Crippen LogP contribution in [0.25, 0.3) is 10.9 Å². The van der Waals surface area contributed by atoms with Crippen LogP contribution < -0.4 is 11.3 Å². The van der Waals surface area contributed by atoms with Gasteiger partial charge in [0.1, 0.15) is 0 Å². The van der Waals surface area contributed by atoms with Crippen molar-refractivity contribution in [1.29, 1.82) is 0 Å². The maximum absolute atomic E-state index is 11.9. The van der Waals surface area contributed by atoms with E-state index in [1.165, 1.54) is 5.56 Å². The van der Waals surface area contributed by atoms with E-state index >= 15 is 0 Å². The zero-order valence-electron chi connectivity index (χ0n) is 8.75. The largest absolute Gasteiger partial charge is 0.399 e. The molecule has 0 saturated heterocycles. The molecule has 2 aromatic rings. The van der Waals surface area contributed by atoms with Crippen LogP contribution in [0.2, 0.25) is 0 Å². The smallest absolute Gasteiger partial charge is 0.252 e. The zero-order chi connectivity index (χ0) is 11.1. The van der Waals surface area contributed by atoms with E-state index in [4.69, 9.17) is 5.73 Å². The highest BCUT2D eigenvalue weighted by Crippen LogP contribution is 2.28. The summed E-state index contributed by atoms with van der Waals surface area (Å²) in [6, 6.07) is 5.66. The molecule has 1 aromatic carbocycles. The molecule has 1 aromatic heterocycles. The third kappa shape index (κ3) is 1.41. The topological polar surface area (TPSA) is 58.9 Å². The molecule has 2 heterocycles. The van der Waals surface area contributed by atoms with Gasteiger partial charge < -0.3 is 10.7 Å². The molecule has 4 heteroatoms. The van der Waals surface area contributed by atoms with Crippen LogP contribution >= 0.6 is 11.8 Å². The average molecular weight is 232 g/mol. The van der Waals surface area contributed by atoms with Gasteiger partial charge in [0.25, 0.3) is 5.56 Å². The Morgan fingerprint density at radius 2 is 2.19 bits per heavy atom. The number of H-pyrrole nitrogens is 1. The summed E-state index contributed by atoms with van der Waals surface area (Å²) >= 11 is 1.81. The lowest BCUT2D eigenvalue weighted by Gasteiger charge is -2.16. The Hall–Kier alpha value is -1.42. The molecule has 3 rings (SSSR count). The Morgan fingerprint density at radius 3 is 3.06 bits per heavy atom. The lowest BCUT2D eigenvalue weighted by atomic mass is 10.0. The third-order valence-corrected chi connectivity index (χ3v) is 3.98. The fourth-order valence-electron chi connectivity index (χ4n) is 2.20. The molecule has 0 radical (unpaired) electrons. The van der Waals surface area contributed by atoms with Crippen LogP contribution in [0.4, 0.5) is 5.69 Å². The first-order valence-corrected chi connectivity index (χ1v) is 6.42. The first-order chi connectivity index (χ1) is 7.75. The van der Waals surface area contributed by atoms with Crippen LogP contribution in [0.3, 0.4) is 0 Å². The van der Waals surface area contributed by atoms with Gasteiger partial charge in [-0.3, -0.25) is 4.79 Å². The fourth-order valence-corrected chi connectivity index (χ4v) is 3.21. The van der Waals surface area contributed by atoms with Crippen molar-refractivity contribution in [2.24, 2.45) is 0 Å². The van der Waals surface area contributed by atoms with Crippen molar-refractivity contribution in [2.45, 2.75) is 12.2 Å². The van der Waals surface area contributed by atoms with E-state index in [0.29, 0.717) is 0 Å². The van der Waals surface area contributed by atoms with E-state index in [2.05, 4.69) is 4.98 Å². The second-order valence-electron chi connectivity index (χ2n) is 4.02. The van der Waals surface area contributed by atoms with E-state index in [0.717, 1.165) is 40.1 Å². The quantitative estimate of drug-likeness (QED) is 0.682. The summed E-state index contributed by atoms with van der Waals surface area (Å²) in [4.78, 5) is 14.8. The number of fused-ring (bicyclic) bond motifs is 3. The number of rotatable bonds is 0. The Morgan fingerprint density at radius 1 is 1.31 bits per heavy atom. The molecular weight excluding hydrogens is 220 g/mol. The molecular formula is C12H12N2OS. The standard InChI is InChI=1S/C12H12N2OS/c13-7-1-2-11-9(5-7)8-3-4-16-6-10(8)12(15)14-11/h1-2,5H,3-4,6,13H2,(H,14,15). The highest BCUT2D eigenvalue weighted by Gasteiger charge is 2.16. The first kappa shape index (κ1) is 9.78. The minimum Gasteiger partial charge on any atom is -0.399 e. The minimum atomic E-state index is 0.0551. The summed E-state index contributed by atoms with van der Waals surface area (Å²) in [5.41, 5.74) is 9.61. The molecule has 1 aliphatic heterocycles. The Labute approximate surface area is 97.0 Å². The van der Waals surface area contributed by atoms with Crippen molar-refractivity contribution in [3.05, 3.63) is 39.7 Å². The van der Waals surface area contributed by atoms with E-state index < -0.39 is 0 Å². The monoisotopic (exact) mass is 232 g/mol. The summed E-state index contributed by atoms with van der Waals surface area (Å²) in [5.74, 6) is 1.90. The van der Waals surface area contributed by atoms with Gasteiger partial charge in [-0.25, -0.2) is 0 Å². The Kier molecular flexibility index (Phi) is 2.17. The SMILES string of the molecule is Nc1ccc2[nH]c(=O)c3c(c2c1)CCSC3. The van der Waals surface area contributed by atoms with E-state index in [1.54, 1.807) is 0 Å². The van der Waals surface area contributed by atoms with Gasteiger partial charge in [0.05, 0.1) is 0 Å². The van der Waals surface area contributed by atoms with Crippen LogP contribution in [0.15, 0.2) is 23.0 Å². The van der Waals surface area contributed by atoms with E-state index in [-0.39, 0.29) is 5.56 Å². The second-order valence-corrected chi connectivity index (χ2v) is 5.12. The van der Waals surface area contributed by atoms with Crippen LogP contribution in [-0.2, 0) is 12.2 Å². The number of aromatic amines is 1. The predicted molar refractivity (Wildman–Crippen MR) is 68.8 cm³/mol. The molecule has 1 aliphatic rings. The van der Waals surface area contributed by atoms with Crippen molar-refractivity contribution in [3.8, 4) is 0 Å². The summed E-state index contributed by atoms with van der Waals surface area (Å²) < 4.78 is 0. The van der Waals surface area contributed by atoms with Crippen molar-refractivity contribution >= 4 is 28.4 Å². The number of thioether (sulfide) groups is 1. The first-order valence-electron chi connectivity index (χ1n) is 5.27. The lowest BCUT2D eigenvalue weighted by Crippen LogP contribution is -2.18. The van der Waals surface area contributed by atoms with E-state index in [9.17, 15) is 4.79 Å². The molecule has 0 fully saturated rings. The van der Waals surface area contributed by atoms with Crippen LogP contribution in [-0.4, -0.2) is 10.7 Å². The van der Waals surface area contributed by atoms with Crippen molar-refractivity contribution in [2.75, 3.05) is 11.5 Å². The number of nitrogens with two attached hydrogens (primary N) is 1. The number of aryl methyl sites for hydroxylation is 1. The van der Waals surface area contributed by atoms with Gasteiger partial charge in [-0.1, -0.05) is 0 Å². The summed E-state index contributed by atoms with van der Waals surface area (Å²) in [5, 5.41) is 1.11. The lowest BCUT2D eigenvalue weighted by molar-refractivity contribution is 1.06. The number of anilines is 1. The Bertz CT molecular complexity index is 618. The number of hydrogen-bond acceptors (Lipinski definition) is 3. The normalized spacial score (nSPS) is 15.0. The predicted octanol–water partition coefficient (Wildman–Crippen LogP) is 1.90. The molecule has 0 bridgehead atoms. The fraction of sp³-hybridized carbons (Fsp3) is 0.250. The van der Waals surface area contributed by atoms with Gasteiger partial charge in [0.15, 0.2) is 0 Å².